The molecule has 2 N–H and O–H groups in total. The zero-order valence-electron chi connectivity index (χ0n) is 21.1. The van der Waals surface area contributed by atoms with Gasteiger partial charge in [0, 0.05) is 0 Å². The standard InChI is InChI=1S/C26H20N6O4S4/c1-3-35-21(33)19-17(29-25(39-19)31-23-27-13-9-5-7-11-15(13)37-23)18-20(22(34)36-4-2)40-26(30-18)32-24-28-14-10-6-8-12-16(14)38-24/h5-12H,3-4H2,1-2H3,(H,27,29,31)(H,28,30,32). The summed E-state index contributed by atoms with van der Waals surface area (Å²) in [5, 5.41) is 8.48. The van der Waals surface area contributed by atoms with Crippen molar-refractivity contribution in [2.24, 2.45) is 0 Å². The van der Waals surface area contributed by atoms with Crippen LogP contribution in [0, 0.1) is 0 Å². The number of esters is 2. The predicted octanol–water partition coefficient (Wildman–Crippen LogP) is 7.33. The third-order valence-electron chi connectivity index (χ3n) is 5.42. The third-order valence-corrected chi connectivity index (χ3v) is 9.22. The molecule has 202 valence electrons. The molecule has 0 atom stereocenters. The first-order chi connectivity index (χ1) is 19.5. The highest BCUT2D eigenvalue weighted by molar-refractivity contribution is 7.23. The van der Waals surface area contributed by atoms with Crippen LogP contribution in [0.2, 0.25) is 0 Å². The molecule has 0 aliphatic heterocycles. The van der Waals surface area contributed by atoms with E-state index in [1.807, 2.05) is 48.5 Å². The van der Waals surface area contributed by atoms with Gasteiger partial charge in [-0.3, -0.25) is 0 Å². The van der Waals surface area contributed by atoms with Gasteiger partial charge >= 0.3 is 11.9 Å². The van der Waals surface area contributed by atoms with Crippen LogP contribution in [0.5, 0.6) is 0 Å². The number of hydrogen-bond acceptors (Lipinski definition) is 14. The highest BCUT2D eigenvalue weighted by Gasteiger charge is 2.29. The normalized spacial score (nSPS) is 11.2. The van der Waals surface area contributed by atoms with E-state index in [4.69, 9.17) is 9.47 Å². The molecule has 14 heteroatoms. The minimum atomic E-state index is -0.559. The number of anilines is 4. The number of aromatic nitrogens is 4. The number of thiazole rings is 4. The summed E-state index contributed by atoms with van der Waals surface area (Å²) < 4.78 is 12.7. The van der Waals surface area contributed by atoms with Gasteiger partial charge in [0.05, 0.1) is 33.6 Å². The van der Waals surface area contributed by atoms with Crippen molar-refractivity contribution in [2.45, 2.75) is 13.8 Å². The maximum atomic E-state index is 13.0. The van der Waals surface area contributed by atoms with Crippen LogP contribution in [0.25, 0.3) is 31.8 Å². The summed E-state index contributed by atoms with van der Waals surface area (Å²) in [7, 11) is 0. The number of rotatable bonds is 9. The topological polar surface area (TPSA) is 128 Å². The van der Waals surface area contributed by atoms with Crippen molar-refractivity contribution in [1.82, 2.24) is 19.9 Å². The molecular formula is C26H20N6O4S4. The van der Waals surface area contributed by atoms with Crippen molar-refractivity contribution in [3.8, 4) is 11.4 Å². The summed E-state index contributed by atoms with van der Waals surface area (Å²) in [6, 6.07) is 15.6. The van der Waals surface area contributed by atoms with E-state index in [0.717, 1.165) is 43.1 Å². The van der Waals surface area contributed by atoms with E-state index < -0.39 is 11.9 Å². The van der Waals surface area contributed by atoms with Crippen LogP contribution >= 0.6 is 45.3 Å². The average molecular weight is 609 g/mol. The number of nitrogens with one attached hydrogen (secondary N) is 2. The Hall–Kier alpha value is -3.98. The van der Waals surface area contributed by atoms with Crippen molar-refractivity contribution >= 4 is 98.2 Å². The molecule has 0 saturated heterocycles. The largest absolute Gasteiger partial charge is 0.462 e. The molecule has 10 nitrogen and oxygen atoms in total. The van der Waals surface area contributed by atoms with Gasteiger partial charge in [-0.05, 0) is 38.1 Å². The van der Waals surface area contributed by atoms with E-state index >= 15 is 0 Å². The number of carbonyl (C=O) groups excluding carboxylic acids is 2. The van der Waals surface area contributed by atoms with E-state index in [-0.39, 0.29) is 34.4 Å². The molecule has 0 unspecified atom stereocenters. The Morgan fingerprint density at radius 1 is 0.625 bits per heavy atom. The molecule has 0 spiro atoms. The Bertz CT molecular complexity index is 1660. The summed E-state index contributed by atoms with van der Waals surface area (Å²) in [6.45, 7) is 3.82. The molecule has 0 bridgehead atoms. The molecule has 40 heavy (non-hydrogen) atoms. The first-order valence-corrected chi connectivity index (χ1v) is 15.4. The van der Waals surface area contributed by atoms with Crippen molar-refractivity contribution in [2.75, 3.05) is 23.8 Å². The maximum absolute atomic E-state index is 13.0. The average Bonchev–Trinajstić information content (AvgIpc) is 3.73. The van der Waals surface area contributed by atoms with Crippen molar-refractivity contribution in [3.63, 3.8) is 0 Å². The van der Waals surface area contributed by atoms with Crippen LogP contribution in [0.15, 0.2) is 48.5 Å². The lowest BCUT2D eigenvalue weighted by atomic mass is 10.2. The van der Waals surface area contributed by atoms with Gasteiger partial charge in [0.15, 0.2) is 20.5 Å². The minimum Gasteiger partial charge on any atom is -0.462 e. The van der Waals surface area contributed by atoms with Crippen molar-refractivity contribution in [3.05, 3.63) is 58.3 Å². The van der Waals surface area contributed by atoms with Crippen LogP contribution < -0.4 is 10.6 Å². The number of para-hydroxylation sites is 2. The summed E-state index contributed by atoms with van der Waals surface area (Å²) in [6.07, 6.45) is 0. The molecule has 0 aliphatic carbocycles. The predicted molar refractivity (Wildman–Crippen MR) is 161 cm³/mol. The number of hydrogen-bond donors (Lipinski definition) is 2. The SMILES string of the molecule is CCOC(=O)c1sc(Nc2nc3ccccc3s2)nc1-c1nc(Nc2nc3ccccc3s2)sc1C(=O)OCC. The first-order valence-electron chi connectivity index (χ1n) is 12.1. The van der Waals surface area contributed by atoms with Crippen LogP contribution in [0.4, 0.5) is 20.5 Å². The fraction of sp³-hybridized carbons (Fsp3) is 0.154. The van der Waals surface area contributed by atoms with Crippen LogP contribution in [0.1, 0.15) is 33.2 Å². The van der Waals surface area contributed by atoms with Gasteiger partial charge in [0.1, 0.15) is 21.1 Å². The van der Waals surface area contributed by atoms with E-state index in [1.165, 1.54) is 22.7 Å². The molecule has 0 radical (unpaired) electrons. The Morgan fingerprint density at radius 2 is 1.02 bits per heavy atom. The van der Waals surface area contributed by atoms with Crippen LogP contribution in [-0.4, -0.2) is 45.1 Å². The fourth-order valence-electron chi connectivity index (χ4n) is 3.77. The Morgan fingerprint density at radius 3 is 1.43 bits per heavy atom. The van der Waals surface area contributed by atoms with Crippen LogP contribution in [-0.2, 0) is 9.47 Å². The summed E-state index contributed by atoms with van der Waals surface area (Å²) in [5.41, 5.74) is 2.16. The molecular weight excluding hydrogens is 589 g/mol. The van der Waals surface area contributed by atoms with Gasteiger partial charge in [-0.2, -0.15) is 0 Å². The van der Waals surface area contributed by atoms with E-state index in [9.17, 15) is 9.59 Å². The molecule has 0 amide bonds. The number of carbonyl (C=O) groups is 2. The Kier molecular flexibility index (Phi) is 7.38. The van der Waals surface area contributed by atoms with Crippen molar-refractivity contribution in [1.29, 1.82) is 0 Å². The second-order valence-electron chi connectivity index (χ2n) is 8.06. The summed E-state index contributed by atoms with van der Waals surface area (Å²) >= 11 is 5.15. The fourth-order valence-corrected chi connectivity index (χ4v) is 7.35. The molecule has 6 aromatic rings. The number of fused-ring (bicyclic) bond motifs is 2. The second-order valence-corrected chi connectivity index (χ2v) is 12.1. The summed E-state index contributed by atoms with van der Waals surface area (Å²) in [5.74, 6) is -1.12. The lowest BCUT2D eigenvalue weighted by molar-refractivity contribution is 0.0520. The molecule has 4 heterocycles. The Balaban J connectivity index is 1.40. The monoisotopic (exact) mass is 608 g/mol. The molecule has 0 fully saturated rings. The zero-order chi connectivity index (χ0) is 27.6. The minimum absolute atomic E-state index is 0.184. The van der Waals surface area contributed by atoms with Crippen molar-refractivity contribution < 1.29 is 19.1 Å². The van der Waals surface area contributed by atoms with Gasteiger partial charge in [-0.15, -0.1) is 0 Å². The third kappa shape index (κ3) is 5.25. The number of nitrogens with zero attached hydrogens (tertiary/aromatic N) is 4. The second kappa shape index (κ2) is 11.3. The quantitative estimate of drug-likeness (QED) is 0.161. The van der Waals surface area contributed by atoms with Crippen LogP contribution in [0.3, 0.4) is 0 Å². The molecule has 6 rings (SSSR count). The zero-order valence-corrected chi connectivity index (χ0v) is 24.4. The van der Waals surface area contributed by atoms with E-state index in [2.05, 4.69) is 30.6 Å². The lowest BCUT2D eigenvalue weighted by Crippen LogP contribution is -2.07. The number of ether oxygens (including phenoxy) is 2. The maximum Gasteiger partial charge on any atom is 0.350 e. The van der Waals surface area contributed by atoms with Gasteiger partial charge in [0.2, 0.25) is 0 Å². The van der Waals surface area contributed by atoms with Gasteiger partial charge in [-0.25, -0.2) is 29.5 Å². The van der Waals surface area contributed by atoms with E-state index in [1.54, 1.807) is 13.8 Å². The smallest absolute Gasteiger partial charge is 0.350 e. The van der Waals surface area contributed by atoms with Gasteiger partial charge in [-0.1, -0.05) is 69.6 Å². The summed E-state index contributed by atoms with van der Waals surface area (Å²) in [4.78, 5) is 45.0. The van der Waals surface area contributed by atoms with Gasteiger partial charge < -0.3 is 20.1 Å². The van der Waals surface area contributed by atoms with Gasteiger partial charge in [0.25, 0.3) is 0 Å². The molecule has 4 aromatic heterocycles. The molecule has 0 saturated carbocycles. The lowest BCUT2D eigenvalue weighted by Gasteiger charge is -2.03. The first kappa shape index (κ1) is 26.3. The highest BCUT2D eigenvalue weighted by atomic mass is 32.1. The molecule has 2 aromatic carbocycles. The Labute approximate surface area is 243 Å². The highest BCUT2D eigenvalue weighted by Crippen LogP contribution is 2.40. The number of benzene rings is 2. The van der Waals surface area contributed by atoms with E-state index in [0.29, 0.717) is 20.5 Å². The molecule has 0 aliphatic rings.